The van der Waals surface area contributed by atoms with E-state index in [1.54, 1.807) is 32.1 Å². The van der Waals surface area contributed by atoms with Crippen molar-refractivity contribution in [3.05, 3.63) is 47.6 Å². The van der Waals surface area contributed by atoms with E-state index in [9.17, 15) is 0 Å². The van der Waals surface area contributed by atoms with E-state index in [1.165, 1.54) is 34.8 Å². The van der Waals surface area contributed by atoms with Crippen molar-refractivity contribution in [1.29, 1.82) is 0 Å². The maximum absolute atomic E-state index is 2.12. The molecule has 0 aromatic heterocycles. The van der Waals surface area contributed by atoms with Gasteiger partial charge in [-0.05, 0) is 66.9 Å². The summed E-state index contributed by atoms with van der Waals surface area (Å²) in [5.41, 5.74) is 2.70. The van der Waals surface area contributed by atoms with Gasteiger partial charge in [-0.2, -0.15) is 0 Å². The molecule has 0 aromatic rings. The normalized spacial score (nSPS) is 42.4. The Morgan fingerprint density at radius 3 is 1.53 bits per heavy atom. The molecule has 0 saturated heterocycles. The fourth-order valence-electron chi connectivity index (χ4n) is 4.73. The molecule has 4 saturated carbocycles. The second-order valence-corrected chi connectivity index (χ2v) is 6.39. The fraction of sp³-hybridized carbons (Fsp3) is 0.529. The Kier molecular flexibility index (Phi) is 2.18. The molecular weight excluding hydrogens is 204 g/mol. The molecule has 17 heavy (non-hydrogen) atoms. The summed E-state index contributed by atoms with van der Waals surface area (Å²) in [7, 11) is 0. The summed E-state index contributed by atoms with van der Waals surface area (Å²) in [6.45, 7) is 0. The topological polar surface area (TPSA) is 0 Å². The molecule has 0 heteroatoms. The van der Waals surface area contributed by atoms with Crippen LogP contribution in [0.4, 0.5) is 0 Å². The van der Waals surface area contributed by atoms with Gasteiger partial charge in [0, 0.05) is 0 Å². The molecule has 0 unspecified atom stereocenters. The molecule has 4 bridgehead atoms. The average Bonchev–Trinajstić information content (AvgIpc) is 2.99. The van der Waals surface area contributed by atoms with Crippen LogP contribution >= 0.6 is 0 Å². The first-order valence-electron chi connectivity index (χ1n) is 7.15. The predicted molar refractivity (Wildman–Crippen MR) is 71.5 cm³/mol. The maximum atomic E-state index is 2.12. The number of hydrogen-bond donors (Lipinski definition) is 0. The van der Waals surface area contributed by atoms with Crippen LogP contribution in [0, 0.1) is 23.7 Å². The van der Waals surface area contributed by atoms with E-state index >= 15 is 0 Å². The highest BCUT2D eigenvalue weighted by Crippen LogP contribution is 2.57. The first-order chi connectivity index (χ1) is 8.38. The lowest BCUT2D eigenvalue weighted by Gasteiger charge is -2.23. The molecule has 0 aliphatic heterocycles. The van der Waals surface area contributed by atoms with Gasteiger partial charge in [0.1, 0.15) is 0 Å². The number of fused-ring (bicyclic) bond motifs is 1. The van der Waals surface area contributed by atoms with Gasteiger partial charge in [0.05, 0.1) is 0 Å². The molecule has 0 spiro atoms. The van der Waals surface area contributed by atoms with Gasteiger partial charge in [-0.25, -0.2) is 0 Å². The van der Waals surface area contributed by atoms with Crippen molar-refractivity contribution in [2.45, 2.75) is 32.1 Å². The Morgan fingerprint density at radius 1 is 0.647 bits per heavy atom. The quantitative estimate of drug-likeness (QED) is 0.571. The zero-order valence-corrected chi connectivity index (χ0v) is 10.3. The van der Waals surface area contributed by atoms with Crippen LogP contribution < -0.4 is 0 Å². The van der Waals surface area contributed by atoms with Crippen molar-refractivity contribution in [2.24, 2.45) is 23.7 Å². The van der Waals surface area contributed by atoms with Gasteiger partial charge in [0.25, 0.3) is 0 Å². The lowest BCUT2D eigenvalue weighted by atomic mass is 9.82. The van der Waals surface area contributed by atoms with Crippen LogP contribution in [0.25, 0.3) is 0 Å². The molecular formula is C17H20. The van der Waals surface area contributed by atoms with Crippen molar-refractivity contribution in [1.82, 2.24) is 0 Å². The fourth-order valence-corrected chi connectivity index (χ4v) is 4.73. The second kappa shape index (κ2) is 3.73. The minimum absolute atomic E-state index is 1.19. The summed E-state index contributed by atoms with van der Waals surface area (Å²) in [6, 6.07) is 0. The molecule has 0 radical (unpaired) electrons. The third-order valence-electron chi connectivity index (χ3n) is 5.31. The van der Waals surface area contributed by atoms with Gasteiger partial charge in [-0.3, -0.25) is 0 Å². The number of rotatable bonds is 0. The Hall–Kier alpha value is -1.04. The second-order valence-electron chi connectivity index (χ2n) is 6.39. The van der Waals surface area contributed by atoms with E-state index in [0.717, 1.165) is 0 Å². The number of hydrogen-bond acceptors (Lipinski definition) is 0. The summed E-state index contributed by atoms with van der Waals surface area (Å²) in [5.74, 6) is 4.78. The Labute approximate surface area is 104 Å². The molecule has 0 aromatic carbocycles. The van der Waals surface area contributed by atoms with Crippen molar-refractivity contribution in [2.75, 3.05) is 0 Å². The van der Waals surface area contributed by atoms with Gasteiger partial charge in [0.15, 0.2) is 0 Å². The van der Waals surface area contributed by atoms with Gasteiger partial charge < -0.3 is 0 Å². The minimum atomic E-state index is 1.19. The lowest BCUT2D eigenvalue weighted by Crippen LogP contribution is -2.12. The summed E-state index contributed by atoms with van der Waals surface area (Å²) in [6.07, 6.45) is 20.7. The molecule has 0 N–H and O–H groups in total. The van der Waals surface area contributed by atoms with Crippen LogP contribution in [0.2, 0.25) is 0 Å². The van der Waals surface area contributed by atoms with Crippen molar-refractivity contribution < 1.29 is 0 Å². The van der Waals surface area contributed by atoms with Crippen LogP contribution in [-0.4, -0.2) is 0 Å². The van der Waals surface area contributed by atoms with E-state index in [2.05, 4.69) is 36.5 Å². The van der Waals surface area contributed by atoms with E-state index in [-0.39, 0.29) is 0 Å². The van der Waals surface area contributed by atoms with Gasteiger partial charge in [-0.1, -0.05) is 36.5 Å². The van der Waals surface area contributed by atoms with Gasteiger partial charge in [0.2, 0.25) is 0 Å². The molecule has 4 fully saturated rings. The summed E-state index contributed by atoms with van der Waals surface area (Å²) < 4.78 is 0. The lowest BCUT2D eigenvalue weighted by molar-refractivity contribution is 0.279. The SMILES string of the molecule is C1=CC2=CC=CC2=C1.C1C2CC3CC1CC3C2. The zero-order chi connectivity index (χ0) is 11.2. The van der Waals surface area contributed by atoms with Crippen LogP contribution in [0.5, 0.6) is 0 Å². The molecule has 6 rings (SSSR count). The third kappa shape index (κ3) is 1.66. The molecule has 6 aliphatic rings. The Balaban J connectivity index is 0.0000000950. The largest absolute Gasteiger partial charge is 0.0610 e. The summed E-state index contributed by atoms with van der Waals surface area (Å²) >= 11 is 0. The van der Waals surface area contributed by atoms with Crippen molar-refractivity contribution in [3.8, 4) is 0 Å². The highest BCUT2D eigenvalue weighted by Gasteiger charge is 2.47. The molecule has 88 valence electrons. The van der Waals surface area contributed by atoms with E-state index in [0.29, 0.717) is 0 Å². The van der Waals surface area contributed by atoms with Gasteiger partial charge in [-0.15, -0.1) is 0 Å². The van der Waals surface area contributed by atoms with E-state index in [1.807, 2.05) is 0 Å². The van der Waals surface area contributed by atoms with E-state index in [4.69, 9.17) is 0 Å². The summed E-state index contributed by atoms with van der Waals surface area (Å²) in [5, 5.41) is 0. The highest BCUT2D eigenvalue weighted by molar-refractivity contribution is 5.59. The van der Waals surface area contributed by atoms with Crippen LogP contribution in [0.3, 0.4) is 0 Å². The van der Waals surface area contributed by atoms with Crippen molar-refractivity contribution in [3.63, 3.8) is 0 Å². The van der Waals surface area contributed by atoms with Crippen LogP contribution in [-0.2, 0) is 0 Å². The van der Waals surface area contributed by atoms with Gasteiger partial charge >= 0.3 is 0 Å². The summed E-state index contributed by atoms with van der Waals surface area (Å²) in [4.78, 5) is 0. The predicted octanol–water partition coefficient (Wildman–Crippen LogP) is 4.42. The molecule has 6 aliphatic carbocycles. The average molecular weight is 224 g/mol. The molecule has 0 nitrogen and oxygen atoms in total. The Morgan fingerprint density at radius 2 is 1.12 bits per heavy atom. The van der Waals surface area contributed by atoms with Crippen LogP contribution in [0.15, 0.2) is 47.6 Å². The standard InChI is InChI=1S/C9H14.C8H6/c1-6-2-8-4-7(1)5-9(8)3-6;1-3-7-5-2-6-8(7)4-1/h6-9H,1-5H2;1-6H. The molecule has 0 atom stereocenters. The van der Waals surface area contributed by atoms with Crippen molar-refractivity contribution >= 4 is 0 Å². The molecule has 0 heterocycles. The maximum Gasteiger partial charge on any atom is -0.0184 e. The molecule has 0 amide bonds. The first kappa shape index (κ1) is 9.94. The van der Waals surface area contributed by atoms with E-state index < -0.39 is 0 Å². The first-order valence-corrected chi connectivity index (χ1v) is 7.15. The highest BCUT2D eigenvalue weighted by atomic mass is 14.5. The van der Waals surface area contributed by atoms with Crippen LogP contribution in [0.1, 0.15) is 32.1 Å². The monoisotopic (exact) mass is 224 g/mol. The number of allylic oxidation sites excluding steroid dienone is 8. The Bertz CT molecular complexity index is 387. The zero-order valence-electron chi connectivity index (χ0n) is 10.3. The third-order valence-corrected chi connectivity index (χ3v) is 5.31. The minimum Gasteiger partial charge on any atom is -0.0610 e. The smallest absolute Gasteiger partial charge is 0.0184 e.